The third-order valence-electron chi connectivity index (χ3n) is 3.10. The van der Waals surface area contributed by atoms with Crippen molar-refractivity contribution in [1.29, 1.82) is 5.26 Å². The number of nitrogens with one attached hydrogen (secondary N) is 1. The predicted octanol–water partition coefficient (Wildman–Crippen LogP) is 2.80. The molecule has 1 aliphatic rings. The third-order valence-corrected chi connectivity index (χ3v) is 3.63. The van der Waals surface area contributed by atoms with Crippen molar-refractivity contribution >= 4 is 21.8 Å². The summed E-state index contributed by atoms with van der Waals surface area (Å²) in [5.74, 6) is 0.350. The highest BCUT2D eigenvalue weighted by atomic mass is 79.9. The molecule has 18 heavy (non-hydrogen) atoms. The SMILES string of the molecule is N#C[C@H](NC(=O)CCc1ccc(Br)cc1)C1CC1. The van der Waals surface area contributed by atoms with Gasteiger partial charge in [0.15, 0.2) is 0 Å². The molecule has 0 aromatic heterocycles. The first-order valence-electron chi connectivity index (χ1n) is 6.12. The van der Waals surface area contributed by atoms with Gasteiger partial charge in [0.1, 0.15) is 6.04 Å². The van der Waals surface area contributed by atoms with E-state index in [-0.39, 0.29) is 11.9 Å². The second-order valence-electron chi connectivity index (χ2n) is 4.64. The second-order valence-corrected chi connectivity index (χ2v) is 5.55. The average Bonchev–Trinajstić information content (AvgIpc) is 3.19. The van der Waals surface area contributed by atoms with Crippen LogP contribution < -0.4 is 5.32 Å². The molecule has 0 saturated heterocycles. The van der Waals surface area contributed by atoms with Crippen LogP contribution in [-0.2, 0) is 11.2 Å². The minimum Gasteiger partial charge on any atom is -0.340 e. The Morgan fingerprint density at radius 1 is 1.44 bits per heavy atom. The molecule has 0 aliphatic heterocycles. The molecule has 1 amide bonds. The molecule has 1 aromatic rings. The first-order valence-corrected chi connectivity index (χ1v) is 6.92. The number of benzene rings is 1. The van der Waals surface area contributed by atoms with Crippen LogP contribution in [0.2, 0.25) is 0 Å². The van der Waals surface area contributed by atoms with Crippen molar-refractivity contribution in [2.24, 2.45) is 5.92 Å². The van der Waals surface area contributed by atoms with Gasteiger partial charge in [-0.2, -0.15) is 5.26 Å². The first-order chi connectivity index (χ1) is 8.69. The molecule has 4 heteroatoms. The zero-order chi connectivity index (χ0) is 13.0. The Hall–Kier alpha value is -1.34. The first kappa shape index (κ1) is 13.1. The summed E-state index contributed by atoms with van der Waals surface area (Å²) in [5.41, 5.74) is 1.13. The van der Waals surface area contributed by atoms with E-state index in [0.717, 1.165) is 22.9 Å². The molecule has 1 aromatic carbocycles. The van der Waals surface area contributed by atoms with Gasteiger partial charge >= 0.3 is 0 Å². The molecule has 0 spiro atoms. The summed E-state index contributed by atoms with van der Waals surface area (Å²) >= 11 is 3.38. The quantitative estimate of drug-likeness (QED) is 0.909. The maximum absolute atomic E-state index is 11.7. The molecular weight excluding hydrogens is 292 g/mol. The highest BCUT2D eigenvalue weighted by Crippen LogP contribution is 2.32. The van der Waals surface area contributed by atoms with Crippen LogP contribution >= 0.6 is 15.9 Å². The Bertz CT molecular complexity index is 460. The van der Waals surface area contributed by atoms with Crippen LogP contribution in [-0.4, -0.2) is 11.9 Å². The van der Waals surface area contributed by atoms with Crippen LogP contribution in [0.3, 0.4) is 0 Å². The Balaban J connectivity index is 1.77. The molecule has 1 saturated carbocycles. The van der Waals surface area contributed by atoms with Crippen LogP contribution in [0.4, 0.5) is 0 Å². The van der Waals surface area contributed by atoms with E-state index in [1.165, 1.54) is 0 Å². The maximum Gasteiger partial charge on any atom is 0.221 e. The zero-order valence-electron chi connectivity index (χ0n) is 10.0. The van der Waals surface area contributed by atoms with Crippen LogP contribution in [0.15, 0.2) is 28.7 Å². The number of amides is 1. The number of halogens is 1. The number of hydrogen-bond acceptors (Lipinski definition) is 2. The van der Waals surface area contributed by atoms with E-state index in [1.807, 2.05) is 24.3 Å². The normalized spacial score (nSPS) is 15.8. The lowest BCUT2D eigenvalue weighted by molar-refractivity contribution is -0.121. The van der Waals surface area contributed by atoms with Gasteiger partial charge in [-0.1, -0.05) is 28.1 Å². The van der Waals surface area contributed by atoms with Gasteiger partial charge in [0.05, 0.1) is 6.07 Å². The summed E-state index contributed by atoms with van der Waals surface area (Å²) < 4.78 is 1.04. The standard InChI is InChI=1S/C14H15BrN2O/c15-12-6-1-10(2-7-12)3-8-14(18)17-13(9-16)11-4-5-11/h1-2,6-7,11,13H,3-5,8H2,(H,17,18)/t13-/m0/s1. The highest BCUT2D eigenvalue weighted by molar-refractivity contribution is 9.10. The van der Waals surface area contributed by atoms with Crippen molar-refractivity contribution in [1.82, 2.24) is 5.32 Å². The molecule has 1 fully saturated rings. The van der Waals surface area contributed by atoms with Crippen LogP contribution in [0, 0.1) is 17.2 Å². The summed E-state index contributed by atoms with van der Waals surface area (Å²) in [5, 5.41) is 11.7. The molecule has 0 heterocycles. The van der Waals surface area contributed by atoms with Crippen molar-refractivity contribution in [3.8, 4) is 6.07 Å². The van der Waals surface area contributed by atoms with Crippen molar-refractivity contribution in [2.45, 2.75) is 31.7 Å². The highest BCUT2D eigenvalue weighted by Gasteiger charge is 2.32. The number of rotatable bonds is 5. The van der Waals surface area contributed by atoms with E-state index in [4.69, 9.17) is 5.26 Å². The number of nitriles is 1. The Kier molecular flexibility index (Phi) is 4.38. The fourth-order valence-electron chi connectivity index (χ4n) is 1.84. The largest absolute Gasteiger partial charge is 0.340 e. The van der Waals surface area contributed by atoms with Gasteiger partial charge in [-0.25, -0.2) is 0 Å². The Morgan fingerprint density at radius 2 is 2.11 bits per heavy atom. The van der Waals surface area contributed by atoms with Crippen LogP contribution in [0.25, 0.3) is 0 Å². The molecule has 0 bridgehead atoms. The number of hydrogen-bond donors (Lipinski definition) is 1. The number of carbonyl (C=O) groups excluding carboxylic acids is 1. The lowest BCUT2D eigenvalue weighted by atomic mass is 10.1. The van der Waals surface area contributed by atoms with E-state index in [1.54, 1.807) is 0 Å². The Morgan fingerprint density at radius 3 is 2.67 bits per heavy atom. The predicted molar refractivity (Wildman–Crippen MR) is 72.7 cm³/mol. The molecule has 3 nitrogen and oxygen atoms in total. The summed E-state index contributed by atoms with van der Waals surface area (Å²) in [6.07, 6.45) is 3.27. The lowest BCUT2D eigenvalue weighted by Gasteiger charge is -2.10. The van der Waals surface area contributed by atoms with Gasteiger partial charge in [-0.3, -0.25) is 4.79 Å². The smallest absolute Gasteiger partial charge is 0.221 e. The van der Waals surface area contributed by atoms with Crippen molar-refractivity contribution in [2.75, 3.05) is 0 Å². The number of aryl methyl sites for hydroxylation is 1. The van der Waals surface area contributed by atoms with Crippen molar-refractivity contribution < 1.29 is 4.79 Å². The molecular formula is C14H15BrN2O. The van der Waals surface area contributed by atoms with E-state index in [2.05, 4.69) is 27.3 Å². The van der Waals surface area contributed by atoms with Gasteiger partial charge in [-0.05, 0) is 42.9 Å². The van der Waals surface area contributed by atoms with Crippen molar-refractivity contribution in [3.63, 3.8) is 0 Å². The minimum absolute atomic E-state index is 0.0311. The summed E-state index contributed by atoms with van der Waals surface area (Å²) in [7, 11) is 0. The molecule has 94 valence electrons. The molecule has 0 unspecified atom stereocenters. The fraction of sp³-hybridized carbons (Fsp3) is 0.429. The van der Waals surface area contributed by atoms with Gasteiger partial charge in [0, 0.05) is 10.9 Å². The zero-order valence-corrected chi connectivity index (χ0v) is 11.6. The molecule has 1 aliphatic carbocycles. The van der Waals surface area contributed by atoms with Gasteiger partial charge in [0.25, 0.3) is 0 Å². The van der Waals surface area contributed by atoms with Crippen LogP contribution in [0.5, 0.6) is 0 Å². The summed E-state index contributed by atoms with van der Waals surface area (Å²) in [6.45, 7) is 0. The molecule has 2 rings (SSSR count). The second kappa shape index (κ2) is 6.01. The monoisotopic (exact) mass is 306 g/mol. The summed E-state index contributed by atoms with van der Waals surface area (Å²) in [6, 6.07) is 9.81. The van der Waals surface area contributed by atoms with Crippen LogP contribution in [0.1, 0.15) is 24.8 Å². The van der Waals surface area contributed by atoms with E-state index >= 15 is 0 Å². The average molecular weight is 307 g/mol. The number of carbonyl (C=O) groups is 1. The maximum atomic E-state index is 11.7. The summed E-state index contributed by atoms with van der Waals surface area (Å²) in [4.78, 5) is 11.7. The van der Waals surface area contributed by atoms with E-state index in [0.29, 0.717) is 18.8 Å². The van der Waals surface area contributed by atoms with Gasteiger partial charge in [0.2, 0.25) is 5.91 Å². The minimum atomic E-state index is -0.289. The third kappa shape index (κ3) is 3.85. The Labute approximate surface area is 115 Å². The van der Waals surface area contributed by atoms with E-state index in [9.17, 15) is 4.79 Å². The lowest BCUT2D eigenvalue weighted by Crippen LogP contribution is -2.35. The topological polar surface area (TPSA) is 52.9 Å². The fourth-order valence-corrected chi connectivity index (χ4v) is 2.10. The molecule has 0 radical (unpaired) electrons. The van der Waals surface area contributed by atoms with Crippen molar-refractivity contribution in [3.05, 3.63) is 34.3 Å². The number of nitrogens with zero attached hydrogens (tertiary/aromatic N) is 1. The van der Waals surface area contributed by atoms with Gasteiger partial charge in [-0.15, -0.1) is 0 Å². The van der Waals surface area contributed by atoms with Gasteiger partial charge < -0.3 is 5.32 Å². The van der Waals surface area contributed by atoms with E-state index < -0.39 is 0 Å². The molecule has 1 atom stereocenters. The molecule has 1 N–H and O–H groups in total.